The highest BCUT2D eigenvalue weighted by Crippen LogP contribution is 2.33. The van der Waals surface area contributed by atoms with Crippen molar-refractivity contribution in [3.8, 4) is 0 Å². The van der Waals surface area contributed by atoms with Crippen LogP contribution in [0.5, 0.6) is 0 Å². The first-order valence-corrected chi connectivity index (χ1v) is 6.09. The number of aliphatic hydroxyl groups excluding tert-OH is 3. The summed E-state index contributed by atoms with van der Waals surface area (Å²) in [6, 6.07) is -1.27. The Balaban J connectivity index is 3.10. The largest absolute Gasteiger partial charge is 0.477 e. The van der Waals surface area contributed by atoms with E-state index in [2.05, 4.69) is 16.6 Å². The zero-order chi connectivity index (χ0) is 16.0. The maximum absolute atomic E-state index is 11.4. The second kappa shape index (κ2) is 7.36. The molecule has 0 spiro atoms. The molecular formula is C11H17N3O7. The van der Waals surface area contributed by atoms with E-state index < -0.39 is 49.1 Å². The van der Waals surface area contributed by atoms with E-state index in [9.17, 15) is 20.1 Å². The molecule has 10 heteroatoms. The molecule has 0 aromatic rings. The van der Waals surface area contributed by atoms with Gasteiger partial charge in [0.15, 0.2) is 0 Å². The first-order valence-electron chi connectivity index (χ1n) is 6.09. The molecule has 0 bridgehead atoms. The quantitative estimate of drug-likeness (QED) is 0.206. The molecule has 5 atom stereocenters. The third-order valence-electron chi connectivity index (χ3n) is 3.06. The number of aliphatic hydroxyl groups is 3. The van der Waals surface area contributed by atoms with Crippen molar-refractivity contribution in [3.05, 3.63) is 23.1 Å². The van der Waals surface area contributed by atoms with Crippen molar-refractivity contribution in [2.45, 2.75) is 36.6 Å². The van der Waals surface area contributed by atoms with Crippen molar-refractivity contribution in [1.29, 1.82) is 0 Å². The number of hydrogen-bond donors (Lipinski definition) is 4. The van der Waals surface area contributed by atoms with Crippen molar-refractivity contribution >= 4 is 5.97 Å². The fourth-order valence-corrected chi connectivity index (χ4v) is 2.02. The van der Waals surface area contributed by atoms with Crippen molar-refractivity contribution in [2.24, 2.45) is 5.11 Å². The lowest BCUT2D eigenvalue weighted by atomic mass is 9.92. The minimum Gasteiger partial charge on any atom is -0.477 e. The van der Waals surface area contributed by atoms with Crippen molar-refractivity contribution in [1.82, 2.24) is 0 Å². The van der Waals surface area contributed by atoms with E-state index in [4.69, 9.17) is 20.1 Å². The SMILES string of the molecule is C=CCO[C@]1(C(=O)O)C[C@@H](O)[C@@H](O)[C@@H]([C@H](CO)N=[N+]=[N-])O1. The van der Waals surface area contributed by atoms with Crippen LogP contribution in [0.25, 0.3) is 10.4 Å². The minimum atomic E-state index is -2.23. The van der Waals surface area contributed by atoms with Crippen LogP contribution in [0.15, 0.2) is 17.8 Å². The Kier molecular flexibility index (Phi) is 6.09. The molecule has 21 heavy (non-hydrogen) atoms. The summed E-state index contributed by atoms with van der Waals surface area (Å²) in [5.41, 5.74) is 8.42. The maximum atomic E-state index is 11.4. The van der Waals surface area contributed by atoms with Crippen LogP contribution in [-0.4, -0.2) is 69.8 Å². The number of carboxylic acid groups (broad SMARTS) is 1. The van der Waals surface area contributed by atoms with Gasteiger partial charge in [0.2, 0.25) is 0 Å². The summed E-state index contributed by atoms with van der Waals surface area (Å²) in [6.45, 7) is 2.51. The molecule has 4 N–H and O–H groups in total. The Morgan fingerprint density at radius 3 is 2.81 bits per heavy atom. The zero-order valence-electron chi connectivity index (χ0n) is 11.1. The molecule has 0 saturated carbocycles. The number of rotatable bonds is 7. The first-order chi connectivity index (χ1) is 9.91. The summed E-state index contributed by atoms with van der Waals surface area (Å²) in [4.78, 5) is 13.9. The molecule has 0 aromatic heterocycles. The number of carboxylic acids is 1. The van der Waals surface area contributed by atoms with Gasteiger partial charge in [-0.2, -0.15) is 0 Å². The predicted molar refractivity (Wildman–Crippen MR) is 68.0 cm³/mol. The fourth-order valence-electron chi connectivity index (χ4n) is 2.02. The Morgan fingerprint density at radius 1 is 1.67 bits per heavy atom. The van der Waals surface area contributed by atoms with Crippen molar-refractivity contribution in [2.75, 3.05) is 13.2 Å². The Morgan fingerprint density at radius 2 is 2.33 bits per heavy atom. The van der Waals surface area contributed by atoms with Crippen LogP contribution in [0.4, 0.5) is 0 Å². The Bertz CT molecular complexity index is 440. The van der Waals surface area contributed by atoms with Gasteiger partial charge in [0.25, 0.3) is 5.79 Å². The second-order valence-electron chi connectivity index (χ2n) is 4.46. The van der Waals surface area contributed by atoms with E-state index in [0.29, 0.717) is 0 Å². The lowest BCUT2D eigenvalue weighted by molar-refractivity contribution is -0.311. The Labute approximate surface area is 119 Å². The van der Waals surface area contributed by atoms with E-state index in [0.717, 1.165) is 0 Å². The molecule has 1 heterocycles. The van der Waals surface area contributed by atoms with Gasteiger partial charge in [0, 0.05) is 11.3 Å². The third kappa shape index (κ3) is 3.70. The van der Waals surface area contributed by atoms with Crippen LogP contribution in [0.1, 0.15) is 6.42 Å². The molecule has 1 aliphatic rings. The number of hydrogen-bond acceptors (Lipinski definition) is 7. The molecule has 10 nitrogen and oxygen atoms in total. The number of aliphatic carboxylic acids is 1. The minimum absolute atomic E-state index is 0.173. The summed E-state index contributed by atoms with van der Waals surface area (Å²) in [5.74, 6) is -3.74. The van der Waals surface area contributed by atoms with E-state index >= 15 is 0 Å². The number of carbonyl (C=O) groups is 1. The molecular weight excluding hydrogens is 286 g/mol. The topological polar surface area (TPSA) is 165 Å². The van der Waals surface area contributed by atoms with Gasteiger partial charge in [-0.25, -0.2) is 4.79 Å². The highest BCUT2D eigenvalue weighted by atomic mass is 16.7. The number of nitrogens with zero attached hydrogens (tertiary/aromatic N) is 3. The monoisotopic (exact) mass is 303 g/mol. The zero-order valence-corrected chi connectivity index (χ0v) is 11.1. The van der Waals surface area contributed by atoms with Crippen LogP contribution in [0.2, 0.25) is 0 Å². The lowest BCUT2D eigenvalue weighted by Crippen LogP contribution is -2.62. The molecule has 0 amide bonds. The molecule has 1 fully saturated rings. The smallest absolute Gasteiger partial charge is 0.364 e. The van der Waals surface area contributed by atoms with Gasteiger partial charge in [-0.1, -0.05) is 11.2 Å². The first kappa shape index (κ1) is 17.4. The summed E-state index contributed by atoms with van der Waals surface area (Å²) in [5, 5.41) is 41.4. The van der Waals surface area contributed by atoms with Crippen LogP contribution < -0.4 is 0 Å². The lowest BCUT2D eigenvalue weighted by Gasteiger charge is -2.43. The van der Waals surface area contributed by atoms with Gasteiger partial charge >= 0.3 is 5.97 Å². The van der Waals surface area contributed by atoms with Crippen LogP contribution in [0.3, 0.4) is 0 Å². The van der Waals surface area contributed by atoms with Crippen molar-refractivity contribution in [3.63, 3.8) is 0 Å². The van der Waals surface area contributed by atoms with E-state index in [1.165, 1.54) is 6.08 Å². The number of azide groups is 1. The normalized spacial score (nSPS) is 33.8. The molecule has 1 aliphatic heterocycles. The third-order valence-corrected chi connectivity index (χ3v) is 3.06. The maximum Gasteiger partial charge on any atom is 0.364 e. The van der Waals surface area contributed by atoms with E-state index in [-0.39, 0.29) is 6.61 Å². The van der Waals surface area contributed by atoms with Gasteiger partial charge in [0.1, 0.15) is 12.2 Å². The summed E-state index contributed by atoms with van der Waals surface area (Å²) < 4.78 is 10.3. The highest BCUT2D eigenvalue weighted by Gasteiger charge is 2.54. The average molecular weight is 303 g/mol. The van der Waals surface area contributed by atoms with Crippen molar-refractivity contribution < 1.29 is 34.7 Å². The van der Waals surface area contributed by atoms with Gasteiger partial charge in [-0.3, -0.25) is 0 Å². The fraction of sp³-hybridized carbons (Fsp3) is 0.727. The van der Waals surface area contributed by atoms with Gasteiger partial charge < -0.3 is 29.9 Å². The van der Waals surface area contributed by atoms with Crippen LogP contribution in [0, 0.1) is 0 Å². The summed E-state index contributed by atoms with van der Waals surface area (Å²) in [7, 11) is 0. The summed E-state index contributed by atoms with van der Waals surface area (Å²) >= 11 is 0. The highest BCUT2D eigenvalue weighted by molar-refractivity contribution is 5.76. The second-order valence-corrected chi connectivity index (χ2v) is 4.46. The standard InChI is InChI=1S/C11H17N3O7/c1-2-3-20-11(10(18)19)4-7(16)8(17)9(21-11)6(5-15)13-14-12/h2,6-9,15-17H,1,3-5H2,(H,18,19)/t6-,7+,8+,9+,11+/m0/s1. The van der Waals surface area contributed by atoms with Crippen LogP contribution in [-0.2, 0) is 14.3 Å². The number of ether oxygens (including phenoxy) is 2. The molecule has 0 unspecified atom stereocenters. The molecule has 118 valence electrons. The van der Waals surface area contributed by atoms with Gasteiger partial charge in [-0.05, 0) is 5.53 Å². The summed E-state index contributed by atoms with van der Waals surface area (Å²) in [6.07, 6.45) is -3.70. The van der Waals surface area contributed by atoms with Crippen LogP contribution >= 0.6 is 0 Å². The van der Waals surface area contributed by atoms with Gasteiger partial charge in [0.05, 0.1) is 25.4 Å². The molecule has 0 aliphatic carbocycles. The average Bonchev–Trinajstić information content (AvgIpc) is 2.46. The Hall–Kier alpha value is -1.68. The molecule has 1 saturated heterocycles. The van der Waals surface area contributed by atoms with E-state index in [1.807, 2.05) is 0 Å². The predicted octanol–water partition coefficient (Wildman–Crippen LogP) is -0.848. The van der Waals surface area contributed by atoms with Gasteiger partial charge in [-0.15, -0.1) is 6.58 Å². The molecule has 1 rings (SSSR count). The molecule has 0 radical (unpaired) electrons. The molecule has 0 aromatic carbocycles. The van der Waals surface area contributed by atoms with E-state index in [1.54, 1.807) is 0 Å².